The number of hydrogen-bond acceptors (Lipinski definition) is 1. The summed E-state index contributed by atoms with van der Waals surface area (Å²) >= 11 is 0. The molecule has 1 heterocycles. The van der Waals surface area contributed by atoms with Crippen LogP contribution >= 0.6 is 0 Å². The fourth-order valence-electron chi connectivity index (χ4n) is 2.48. The SMILES string of the molecule is Cc1c2cccc(C)c2nc2c(C)cccc12. The van der Waals surface area contributed by atoms with Crippen molar-refractivity contribution in [1.82, 2.24) is 4.98 Å². The van der Waals surface area contributed by atoms with E-state index in [4.69, 9.17) is 4.98 Å². The van der Waals surface area contributed by atoms with E-state index >= 15 is 0 Å². The third-order valence-corrected chi connectivity index (χ3v) is 3.51. The number of hydrogen-bond donors (Lipinski definition) is 0. The van der Waals surface area contributed by atoms with Crippen molar-refractivity contribution in [2.24, 2.45) is 0 Å². The van der Waals surface area contributed by atoms with Gasteiger partial charge in [0.1, 0.15) is 0 Å². The largest absolute Gasteiger partial charge is 0.247 e. The Morgan fingerprint density at radius 2 is 1.18 bits per heavy atom. The predicted molar refractivity (Wildman–Crippen MR) is 73.5 cm³/mol. The van der Waals surface area contributed by atoms with E-state index in [0.717, 1.165) is 11.0 Å². The maximum absolute atomic E-state index is 4.84. The van der Waals surface area contributed by atoms with Crippen molar-refractivity contribution in [2.75, 3.05) is 0 Å². The number of fused-ring (bicyclic) bond motifs is 2. The Morgan fingerprint density at radius 1 is 0.706 bits per heavy atom. The summed E-state index contributed by atoms with van der Waals surface area (Å²) < 4.78 is 0. The predicted octanol–water partition coefficient (Wildman–Crippen LogP) is 4.31. The Bertz CT molecular complexity index is 666. The summed E-state index contributed by atoms with van der Waals surface area (Å²) in [6.07, 6.45) is 0. The van der Waals surface area contributed by atoms with Crippen molar-refractivity contribution < 1.29 is 0 Å². The second-order valence-electron chi connectivity index (χ2n) is 4.68. The van der Waals surface area contributed by atoms with E-state index in [1.165, 1.54) is 27.5 Å². The second-order valence-corrected chi connectivity index (χ2v) is 4.68. The minimum Gasteiger partial charge on any atom is -0.247 e. The van der Waals surface area contributed by atoms with E-state index in [9.17, 15) is 0 Å². The third-order valence-electron chi connectivity index (χ3n) is 3.51. The van der Waals surface area contributed by atoms with Crippen molar-refractivity contribution in [1.29, 1.82) is 0 Å². The summed E-state index contributed by atoms with van der Waals surface area (Å²) in [7, 11) is 0. The van der Waals surface area contributed by atoms with Gasteiger partial charge in [-0.1, -0.05) is 36.4 Å². The maximum atomic E-state index is 4.84. The Morgan fingerprint density at radius 3 is 1.65 bits per heavy atom. The normalized spacial score (nSPS) is 11.2. The number of pyridine rings is 1. The molecule has 0 aliphatic rings. The average Bonchev–Trinajstić information content (AvgIpc) is 2.32. The first kappa shape index (κ1) is 10.3. The lowest BCUT2D eigenvalue weighted by Crippen LogP contribution is -1.91. The summed E-state index contributed by atoms with van der Waals surface area (Å²) in [6.45, 7) is 6.43. The van der Waals surface area contributed by atoms with Gasteiger partial charge in [0.05, 0.1) is 11.0 Å². The molecule has 0 fully saturated rings. The van der Waals surface area contributed by atoms with Crippen molar-refractivity contribution in [3.63, 3.8) is 0 Å². The van der Waals surface area contributed by atoms with Gasteiger partial charge in [-0.05, 0) is 37.5 Å². The molecule has 2 aromatic carbocycles. The molecule has 3 aromatic rings. The summed E-state index contributed by atoms with van der Waals surface area (Å²) in [5, 5.41) is 2.53. The highest BCUT2D eigenvalue weighted by atomic mass is 14.7. The molecule has 0 amide bonds. The van der Waals surface area contributed by atoms with Gasteiger partial charge in [-0.2, -0.15) is 0 Å². The van der Waals surface area contributed by atoms with E-state index in [0.29, 0.717) is 0 Å². The van der Waals surface area contributed by atoms with E-state index in [-0.39, 0.29) is 0 Å². The fraction of sp³-hybridized carbons (Fsp3) is 0.188. The van der Waals surface area contributed by atoms with Crippen LogP contribution in [0, 0.1) is 20.8 Å². The first-order valence-corrected chi connectivity index (χ1v) is 5.94. The standard InChI is InChI=1S/C16H15N/c1-10-6-4-8-13-12(3)14-9-5-7-11(2)16(14)17-15(10)13/h4-9H,1-3H3. The Kier molecular flexibility index (Phi) is 2.15. The molecule has 0 unspecified atom stereocenters. The highest BCUT2D eigenvalue weighted by Gasteiger charge is 2.07. The molecule has 1 aromatic heterocycles. The van der Waals surface area contributed by atoms with E-state index in [2.05, 4.69) is 57.2 Å². The molecule has 0 atom stereocenters. The van der Waals surface area contributed by atoms with Gasteiger partial charge in [0.25, 0.3) is 0 Å². The Hall–Kier alpha value is -1.89. The number of aromatic nitrogens is 1. The number of benzene rings is 2. The first-order valence-electron chi connectivity index (χ1n) is 5.94. The molecule has 0 saturated heterocycles. The monoisotopic (exact) mass is 221 g/mol. The highest BCUT2D eigenvalue weighted by molar-refractivity contribution is 5.99. The van der Waals surface area contributed by atoms with Gasteiger partial charge < -0.3 is 0 Å². The van der Waals surface area contributed by atoms with Crippen LogP contribution in [0.25, 0.3) is 21.8 Å². The van der Waals surface area contributed by atoms with Crippen LogP contribution in [-0.2, 0) is 0 Å². The Balaban J connectivity index is 2.62. The van der Waals surface area contributed by atoms with Gasteiger partial charge in [0, 0.05) is 10.8 Å². The molecule has 84 valence electrons. The van der Waals surface area contributed by atoms with Crippen LogP contribution in [0.5, 0.6) is 0 Å². The van der Waals surface area contributed by atoms with Crippen molar-refractivity contribution in [3.05, 3.63) is 53.1 Å². The molecule has 0 bridgehead atoms. The topological polar surface area (TPSA) is 12.9 Å². The average molecular weight is 221 g/mol. The van der Waals surface area contributed by atoms with Crippen LogP contribution in [0.4, 0.5) is 0 Å². The molecule has 1 heteroatoms. The minimum absolute atomic E-state index is 1.13. The highest BCUT2D eigenvalue weighted by Crippen LogP contribution is 2.28. The molecule has 0 N–H and O–H groups in total. The molecular formula is C16H15N. The minimum atomic E-state index is 1.13. The summed E-state index contributed by atoms with van der Waals surface area (Å²) in [5.74, 6) is 0. The molecule has 0 spiro atoms. The molecule has 1 nitrogen and oxygen atoms in total. The van der Waals surface area contributed by atoms with Crippen molar-refractivity contribution in [3.8, 4) is 0 Å². The van der Waals surface area contributed by atoms with Gasteiger partial charge in [0.15, 0.2) is 0 Å². The quantitative estimate of drug-likeness (QED) is 0.515. The van der Waals surface area contributed by atoms with Crippen LogP contribution in [0.3, 0.4) is 0 Å². The van der Waals surface area contributed by atoms with E-state index < -0.39 is 0 Å². The lowest BCUT2D eigenvalue weighted by Gasteiger charge is -2.10. The molecule has 0 saturated carbocycles. The molecule has 0 aliphatic carbocycles. The first-order chi connectivity index (χ1) is 8.18. The number of aryl methyl sites for hydroxylation is 3. The maximum Gasteiger partial charge on any atom is 0.0741 e. The molecule has 0 radical (unpaired) electrons. The van der Waals surface area contributed by atoms with Gasteiger partial charge >= 0.3 is 0 Å². The van der Waals surface area contributed by atoms with E-state index in [1.54, 1.807) is 0 Å². The zero-order chi connectivity index (χ0) is 12.0. The molecule has 0 aliphatic heterocycles. The van der Waals surface area contributed by atoms with Crippen molar-refractivity contribution in [2.45, 2.75) is 20.8 Å². The van der Waals surface area contributed by atoms with Gasteiger partial charge in [-0.15, -0.1) is 0 Å². The van der Waals surface area contributed by atoms with Gasteiger partial charge in [-0.3, -0.25) is 0 Å². The number of rotatable bonds is 0. The molecule has 3 rings (SSSR count). The summed E-state index contributed by atoms with van der Waals surface area (Å²) in [5.41, 5.74) is 6.09. The van der Waals surface area contributed by atoms with Crippen LogP contribution < -0.4 is 0 Å². The fourth-order valence-corrected chi connectivity index (χ4v) is 2.48. The lowest BCUT2D eigenvalue weighted by molar-refractivity contribution is 1.37. The molecule has 17 heavy (non-hydrogen) atoms. The molecular weight excluding hydrogens is 206 g/mol. The second kappa shape index (κ2) is 3.56. The van der Waals surface area contributed by atoms with Crippen LogP contribution in [0.15, 0.2) is 36.4 Å². The third kappa shape index (κ3) is 1.42. The van der Waals surface area contributed by atoms with E-state index in [1.807, 2.05) is 0 Å². The Labute approximate surface area is 101 Å². The van der Waals surface area contributed by atoms with Crippen molar-refractivity contribution >= 4 is 21.8 Å². The zero-order valence-corrected chi connectivity index (χ0v) is 10.4. The van der Waals surface area contributed by atoms with Crippen LogP contribution in [-0.4, -0.2) is 4.98 Å². The van der Waals surface area contributed by atoms with Crippen LogP contribution in [0.1, 0.15) is 16.7 Å². The lowest BCUT2D eigenvalue weighted by atomic mass is 10.00. The van der Waals surface area contributed by atoms with Crippen LogP contribution in [0.2, 0.25) is 0 Å². The zero-order valence-electron chi connectivity index (χ0n) is 10.4. The summed E-state index contributed by atoms with van der Waals surface area (Å²) in [6, 6.07) is 12.8. The summed E-state index contributed by atoms with van der Waals surface area (Å²) in [4.78, 5) is 4.84. The van der Waals surface area contributed by atoms with Gasteiger partial charge in [-0.25, -0.2) is 4.98 Å². The number of para-hydroxylation sites is 2. The number of nitrogens with zero attached hydrogens (tertiary/aromatic N) is 1. The smallest absolute Gasteiger partial charge is 0.0741 e. The van der Waals surface area contributed by atoms with Gasteiger partial charge in [0.2, 0.25) is 0 Å².